The molecule has 1 N–H and O–H groups in total. The monoisotopic (exact) mass is 192 g/mol. The van der Waals surface area contributed by atoms with E-state index in [1.165, 1.54) is 0 Å². The van der Waals surface area contributed by atoms with Gasteiger partial charge in [-0.3, -0.25) is 0 Å². The van der Waals surface area contributed by atoms with Gasteiger partial charge in [0.2, 0.25) is 0 Å². The fourth-order valence-electron chi connectivity index (χ4n) is 1.09. The highest BCUT2D eigenvalue weighted by Crippen LogP contribution is 2.13. The molecule has 76 valence electrons. The molecule has 0 aliphatic carbocycles. The maximum Gasteiger partial charge on any atom is 0.119 e. The van der Waals surface area contributed by atoms with Crippen LogP contribution in [-0.4, -0.2) is 17.8 Å². The number of aliphatic hydroxyl groups is 1. The van der Waals surface area contributed by atoms with Crippen molar-refractivity contribution in [2.24, 2.45) is 0 Å². The second-order valence-corrected chi connectivity index (χ2v) is 3.10. The number of benzene rings is 1. The number of ether oxygens (including phenoxy) is 1. The summed E-state index contributed by atoms with van der Waals surface area (Å²) in [6.07, 6.45) is 3.23. The van der Waals surface area contributed by atoms with E-state index < -0.39 is 6.10 Å². The summed E-state index contributed by atoms with van der Waals surface area (Å²) in [4.78, 5) is 0. The van der Waals surface area contributed by atoms with Crippen molar-refractivity contribution in [3.8, 4) is 5.75 Å². The molecule has 0 aromatic heterocycles. The Labute approximate surface area is 84.8 Å². The van der Waals surface area contributed by atoms with Crippen LogP contribution in [0.1, 0.15) is 19.4 Å². The van der Waals surface area contributed by atoms with Crippen molar-refractivity contribution in [1.29, 1.82) is 0 Å². The van der Waals surface area contributed by atoms with Crippen LogP contribution in [-0.2, 0) is 0 Å². The minimum absolute atomic E-state index is 0.401. The van der Waals surface area contributed by atoms with Gasteiger partial charge in [-0.1, -0.05) is 24.3 Å². The van der Waals surface area contributed by atoms with Crippen LogP contribution in [0.15, 0.2) is 30.3 Å². The van der Waals surface area contributed by atoms with Gasteiger partial charge in [-0.25, -0.2) is 0 Å². The van der Waals surface area contributed by atoms with Crippen LogP contribution >= 0.6 is 0 Å². The molecular formula is C12H16O2. The van der Waals surface area contributed by atoms with Crippen LogP contribution in [0.2, 0.25) is 0 Å². The van der Waals surface area contributed by atoms with Crippen LogP contribution in [0.25, 0.3) is 6.08 Å². The summed E-state index contributed by atoms with van der Waals surface area (Å²) < 4.78 is 5.31. The number of hydrogen-bond acceptors (Lipinski definition) is 2. The van der Waals surface area contributed by atoms with Gasteiger partial charge in [-0.05, 0) is 31.5 Å². The molecule has 14 heavy (non-hydrogen) atoms. The number of hydrogen-bond donors (Lipinski definition) is 1. The standard InChI is InChI=1S/C12H16O2/c1-3-14-12-8-6-11(7-9-12)5-4-10(2)13/h4-10,13H,3H2,1-2H3. The summed E-state index contributed by atoms with van der Waals surface area (Å²) in [6.45, 7) is 4.37. The summed E-state index contributed by atoms with van der Waals surface area (Å²) in [5.74, 6) is 0.877. The molecule has 0 spiro atoms. The quantitative estimate of drug-likeness (QED) is 0.794. The first-order valence-electron chi connectivity index (χ1n) is 4.81. The second kappa shape index (κ2) is 5.45. The highest BCUT2D eigenvalue weighted by molar-refractivity contribution is 5.50. The zero-order valence-corrected chi connectivity index (χ0v) is 8.60. The smallest absolute Gasteiger partial charge is 0.119 e. The minimum atomic E-state index is -0.401. The van der Waals surface area contributed by atoms with E-state index in [1.54, 1.807) is 13.0 Å². The van der Waals surface area contributed by atoms with Crippen molar-refractivity contribution in [2.75, 3.05) is 6.61 Å². The minimum Gasteiger partial charge on any atom is -0.494 e. The van der Waals surface area contributed by atoms with E-state index in [4.69, 9.17) is 9.84 Å². The lowest BCUT2D eigenvalue weighted by Gasteiger charge is -2.02. The van der Waals surface area contributed by atoms with Crippen molar-refractivity contribution in [3.63, 3.8) is 0 Å². The predicted octanol–water partition coefficient (Wildman–Crippen LogP) is 2.48. The Morgan fingerprint density at radius 2 is 2.00 bits per heavy atom. The Morgan fingerprint density at radius 1 is 1.36 bits per heavy atom. The third-order valence-electron chi connectivity index (χ3n) is 1.76. The molecule has 0 aliphatic rings. The van der Waals surface area contributed by atoms with Gasteiger partial charge < -0.3 is 9.84 Å². The lowest BCUT2D eigenvalue weighted by Crippen LogP contribution is -1.92. The normalized spacial score (nSPS) is 13.1. The predicted molar refractivity (Wildman–Crippen MR) is 58.3 cm³/mol. The van der Waals surface area contributed by atoms with Crippen molar-refractivity contribution in [2.45, 2.75) is 20.0 Å². The molecular weight excluding hydrogens is 176 g/mol. The molecule has 0 fully saturated rings. The zero-order valence-electron chi connectivity index (χ0n) is 8.60. The SMILES string of the molecule is CCOc1ccc(C=CC(C)O)cc1. The molecule has 0 radical (unpaired) electrons. The third-order valence-corrected chi connectivity index (χ3v) is 1.76. The van der Waals surface area contributed by atoms with E-state index in [0.717, 1.165) is 11.3 Å². The van der Waals surface area contributed by atoms with Crippen molar-refractivity contribution in [1.82, 2.24) is 0 Å². The van der Waals surface area contributed by atoms with Gasteiger partial charge in [0.1, 0.15) is 5.75 Å². The van der Waals surface area contributed by atoms with Crippen LogP contribution in [0.3, 0.4) is 0 Å². The first-order valence-corrected chi connectivity index (χ1v) is 4.81. The van der Waals surface area contributed by atoms with Crippen molar-refractivity contribution in [3.05, 3.63) is 35.9 Å². The molecule has 1 unspecified atom stereocenters. The number of aliphatic hydroxyl groups excluding tert-OH is 1. The van der Waals surface area contributed by atoms with E-state index in [1.807, 2.05) is 37.3 Å². The molecule has 0 aliphatic heterocycles. The molecule has 0 bridgehead atoms. The molecule has 0 saturated carbocycles. The number of rotatable bonds is 4. The van der Waals surface area contributed by atoms with Gasteiger partial charge in [-0.2, -0.15) is 0 Å². The lowest BCUT2D eigenvalue weighted by atomic mass is 10.2. The fourth-order valence-corrected chi connectivity index (χ4v) is 1.09. The molecule has 1 aromatic carbocycles. The van der Waals surface area contributed by atoms with Gasteiger partial charge in [0.15, 0.2) is 0 Å². The van der Waals surface area contributed by atoms with Gasteiger partial charge in [-0.15, -0.1) is 0 Å². The first kappa shape index (κ1) is 10.8. The largest absolute Gasteiger partial charge is 0.494 e. The van der Waals surface area contributed by atoms with E-state index in [-0.39, 0.29) is 0 Å². The Bertz CT molecular complexity index is 286. The molecule has 0 heterocycles. The summed E-state index contributed by atoms with van der Waals surface area (Å²) in [6, 6.07) is 7.77. The molecule has 1 rings (SSSR count). The van der Waals surface area contributed by atoms with Gasteiger partial charge in [0.05, 0.1) is 12.7 Å². The summed E-state index contributed by atoms with van der Waals surface area (Å²) in [7, 11) is 0. The molecule has 1 aromatic rings. The fraction of sp³-hybridized carbons (Fsp3) is 0.333. The maximum atomic E-state index is 9.04. The Kier molecular flexibility index (Phi) is 4.20. The van der Waals surface area contributed by atoms with Gasteiger partial charge in [0, 0.05) is 0 Å². The molecule has 1 atom stereocenters. The molecule has 0 saturated heterocycles. The summed E-state index contributed by atoms with van der Waals surface area (Å²) >= 11 is 0. The lowest BCUT2D eigenvalue weighted by molar-refractivity contribution is 0.245. The first-order chi connectivity index (χ1) is 6.72. The summed E-state index contributed by atoms with van der Waals surface area (Å²) in [5, 5.41) is 9.04. The third kappa shape index (κ3) is 3.62. The van der Waals surface area contributed by atoms with E-state index in [9.17, 15) is 0 Å². The molecule has 2 nitrogen and oxygen atoms in total. The van der Waals surface area contributed by atoms with Crippen molar-refractivity contribution >= 4 is 6.08 Å². The average molecular weight is 192 g/mol. The van der Waals surface area contributed by atoms with Crippen LogP contribution in [0.5, 0.6) is 5.75 Å². The van der Waals surface area contributed by atoms with E-state index in [2.05, 4.69) is 0 Å². The maximum absolute atomic E-state index is 9.04. The van der Waals surface area contributed by atoms with Gasteiger partial charge in [0.25, 0.3) is 0 Å². The van der Waals surface area contributed by atoms with Crippen molar-refractivity contribution < 1.29 is 9.84 Å². The summed E-state index contributed by atoms with van der Waals surface area (Å²) in [5.41, 5.74) is 1.06. The Hall–Kier alpha value is -1.28. The van der Waals surface area contributed by atoms with Gasteiger partial charge >= 0.3 is 0 Å². The Balaban J connectivity index is 2.64. The average Bonchev–Trinajstić information content (AvgIpc) is 2.17. The molecule has 2 heteroatoms. The highest BCUT2D eigenvalue weighted by atomic mass is 16.5. The van der Waals surface area contributed by atoms with Crippen LogP contribution in [0, 0.1) is 0 Å². The van der Waals surface area contributed by atoms with Crippen LogP contribution in [0.4, 0.5) is 0 Å². The van der Waals surface area contributed by atoms with Crippen LogP contribution < -0.4 is 4.74 Å². The highest BCUT2D eigenvalue weighted by Gasteiger charge is 1.92. The van der Waals surface area contributed by atoms with E-state index >= 15 is 0 Å². The van der Waals surface area contributed by atoms with E-state index in [0.29, 0.717) is 6.61 Å². The zero-order chi connectivity index (χ0) is 10.4. The Morgan fingerprint density at radius 3 is 2.50 bits per heavy atom. The topological polar surface area (TPSA) is 29.5 Å². The second-order valence-electron chi connectivity index (χ2n) is 3.10. The molecule has 0 amide bonds.